The molecule has 13 nitrogen and oxygen atoms in total. The molecule has 45 heavy (non-hydrogen) atoms. The van der Waals surface area contributed by atoms with Crippen molar-refractivity contribution in [3.05, 3.63) is 48.5 Å². The largest absolute Gasteiger partial charge is 0.573 e. The van der Waals surface area contributed by atoms with Gasteiger partial charge in [-0.05, 0) is 62.4 Å². The molecule has 1 aliphatic rings. The van der Waals surface area contributed by atoms with Gasteiger partial charge in [0.25, 0.3) is 0 Å². The van der Waals surface area contributed by atoms with Gasteiger partial charge in [-0.1, -0.05) is 6.92 Å². The molecule has 1 fully saturated rings. The molecule has 16 heteroatoms. The average Bonchev–Trinajstić information content (AvgIpc) is 3.40. The first-order valence-electron chi connectivity index (χ1n) is 14.0. The highest BCUT2D eigenvalue weighted by molar-refractivity contribution is 5.89. The summed E-state index contributed by atoms with van der Waals surface area (Å²) < 4.78 is 71.2. The number of benzene rings is 2. The molecule has 0 radical (unpaired) electrons. The standard InChI is InChI=1S/C29H34F3N5O8/c1-6-21(38)34-27-35-25(36-37(27)19-12-14-20(15-13-19)45-29(30,31)32)17-8-10-18(11-9-17)33-28(39)44-26-24(41-5)23(42-7-2)22(40-4)16(3)43-26/h8-16,22-24,26H,6-7H2,1-5H3,(H,33,39)(H,34,35,36,38)/t16-,22-,23+,24+,26-/m0/s1. The van der Waals surface area contributed by atoms with Crippen molar-refractivity contribution in [3.63, 3.8) is 0 Å². The van der Waals surface area contributed by atoms with Crippen LogP contribution in [0.4, 0.5) is 29.6 Å². The van der Waals surface area contributed by atoms with E-state index in [1.165, 1.54) is 31.0 Å². The number of nitrogens with one attached hydrogen (secondary N) is 2. The summed E-state index contributed by atoms with van der Waals surface area (Å²) in [7, 11) is 3.00. The van der Waals surface area contributed by atoms with Crippen molar-refractivity contribution < 1.29 is 51.2 Å². The monoisotopic (exact) mass is 637 g/mol. The molecule has 0 unspecified atom stereocenters. The number of anilines is 2. The molecule has 0 spiro atoms. The van der Waals surface area contributed by atoms with E-state index >= 15 is 0 Å². The Morgan fingerprint density at radius 1 is 0.956 bits per heavy atom. The molecule has 2 amide bonds. The number of alkyl halides is 3. The van der Waals surface area contributed by atoms with Gasteiger partial charge in [-0.2, -0.15) is 9.67 Å². The lowest BCUT2D eigenvalue weighted by molar-refractivity contribution is -0.292. The van der Waals surface area contributed by atoms with Crippen LogP contribution in [-0.2, 0) is 28.5 Å². The molecule has 1 aromatic heterocycles. The van der Waals surface area contributed by atoms with Crippen molar-refractivity contribution in [3.8, 4) is 22.8 Å². The van der Waals surface area contributed by atoms with Gasteiger partial charge >= 0.3 is 12.5 Å². The quantitative estimate of drug-likeness (QED) is 0.298. The van der Waals surface area contributed by atoms with Crippen LogP contribution in [0.1, 0.15) is 27.2 Å². The number of nitrogens with zero attached hydrogens (tertiary/aromatic N) is 3. The van der Waals surface area contributed by atoms with Crippen LogP contribution in [0.5, 0.6) is 5.75 Å². The zero-order valence-electron chi connectivity index (χ0n) is 25.2. The van der Waals surface area contributed by atoms with Crippen LogP contribution in [0.3, 0.4) is 0 Å². The molecule has 4 rings (SSSR count). The van der Waals surface area contributed by atoms with Crippen LogP contribution in [0, 0.1) is 0 Å². The van der Waals surface area contributed by atoms with Crippen molar-refractivity contribution in [1.29, 1.82) is 0 Å². The van der Waals surface area contributed by atoms with Gasteiger partial charge in [0.1, 0.15) is 24.1 Å². The van der Waals surface area contributed by atoms with E-state index in [1.807, 2.05) is 6.92 Å². The van der Waals surface area contributed by atoms with Gasteiger partial charge < -0.3 is 28.4 Å². The highest BCUT2D eigenvalue weighted by atomic mass is 19.4. The first kappa shape index (κ1) is 33.6. The van der Waals surface area contributed by atoms with E-state index in [1.54, 1.807) is 38.1 Å². The Labute approximate surface area is 256 Å². The van der Waals surface area contributed by atoms with E-state index < -0.39 is 48.9 Å². The molecule has 2 N–H and O–H groups in total. The average molecular weight is 638 g/mol. The fourth-order valence-electron chi connectivity index (χ4n) is 4.68. The van der Waals surface area contributed by atoms with Crippen LogP contribution in [0.25, 0.3) is 17.1 Å². The zero-order valence-corrected chi connectivity index (χ0v) is 25.2. The Morgan fingerprint density at radius 2 is 1.62 bits per heavy atom. The summed E-state index contributed by atoms with van der Waals surface area (Å²) in [5.41, 5.74) is 1.23. The maximum absolute atomic E-state index is 12.8. The third-order valence-corrected chi connectivity index (χ3v) is 6.74. The summed E-state index contributed by atoms with van der Waals surface area (Å²) >= 11 is 0. The lowest BCUT2D eigenvalue weighted by Gasteiger charge is -2.43. The highest BCUT2D eigenvalue weighted by Crippen LogP contribution is 2.29. The van der Waals surface area contributed by atoms with Crippen molar-refractivity contribution in [2.24, 2.45) is 0 Å². The summed E-state index contributed by atoms with van der Waals surface area (Å²) in [6, 6.07) is 11.4. The summed E-state index contributed by atoms with van der Waals surface area (Å²) in [4.78, 5) is 29.3. The second-order valence-corrected chi connectivity index (χ2v) is 9.75. The van der Waals surface area contributed by atoms with Crippen molar-refractivity contribution >= 4 is 23.6 Å². The van der Waals surface area contributed by atoms with Gasteiger partial charge in [-0.25, -0.2) is 4.79 Å². The Hall–Kier alpha value is -4.25. The van der Waals surface area contributed by atoms with Crippen LogP contribution < -0.4 is 15.4 Å². The van der Waals surface area contributed by atoms with Crippen LogP contribution >= 0.6 is 0 Å². The minimum Gasteiger partial charge on any atom is -0.416 e. The Kier molecular flexibility index (Phi) is 11.0. The number of ether oxygens (including phenoxy) is 6. The molecule has 5 atom stereocenters. The number of methoxy groups -OCH3 is 2. The predicted molar refractivity (Wildman–Crippen MR) is 154 cm³/mol. The highest BCUT2D eigenvalue weighted by Gasteiger charge is 2.47. The number of aromatic nitrogens is 3. The van der Waals surface area contributed by atoms with E-state index in [0.717, 1.165) is 12.1 Å². The van der Waals surface area contributed by atoms with Gasteiger partial charge in [-0.3, -0.25) is 15.4 Å². The van der Waals surface area contributed by atoms with Crippen molar-refractivity contribution in [2.45, 2.75) is 64.3 Å². The number of carbonyl (C=O) groups excluding carboxylic acids is 2. The molecule has 3 aromatic rings. The van der Waals surface area contributed by atoms with Crippen LogP contribution in [0.2, 0.25) is 0 Å². The van der Waals surface area contributed by atoms with E-state index in [0.29, 0.717) is 23.5 Å². The minimum atomic E-state index is -4.84. The van der Waals surface area contributed by atoms with E-state index in [9.17, 15) is 22.8 Å². The molecule has 244 valence electrons. The normalized spacial score (nSPS) is 21.6. The maximum atomic E-state index is 12.8. The molecular weight excluding hydrogens is 603 g/mol. The zero-order chi connectivity index (χ0) is 32.7. The van der Waals surface area contributed by atoms with Crippen LogP contribution in [-0.4, -0.2) is 84.7 Å². The van der Waals surface area contributed by atoms with E-state index in [4.69, 9.17) is 23.7 Å². The summed E-state index contributed by atoms with van der Waals surface area (Å²) in [5, 5.41) is 9.70. The first-order valence-corrected chi connectivity index (χ1v) is 14.0. The molecular formula is C29H34F3N5O8. The molecule has 0 bridgehead atoms. The minimum absolute atomic E-state index is 0.0580. The predicted octanol–water partition coefficient (Wildman–Crippen LogP) is 4.91. The molecule has 2 aromatic carbocycles. The molecule has 0 saturated carbocycles. The molecule has 1 aliphatic heterocycles. The number of rotatable bonds is 11. The summed E-state index contributed by atoms with van der Waals surface area (Å²) in [6.45, 7) is 5.67. The van der Waals surface area contributed by atoms with E-state index in [2.05, 4.69) is 25.5 Å². The first-order chi connectivity index (χ1) is 21.5. The Morgan fingerprint density at radius 3 is 2.20 bits per heavy atom. The van der Waals surface area contributed by atoms with Gasteiger partial charge in [0.15, 0.2) is 5.82 Å². The smallest absolute Gasteiger partial charge is 0.416 e. The van der Waals surface area contributed by atoms with Crippen molar-refractivity contribution in [2.75, 3.05) is 31.5 Å². The third-order valence-electron chi connectivity index (χ3n) is 6.74. The summed E-state index contributed by atoms with van der Waals surface area (Å²) in [5.74, 6) is -0.499. The third kappa shape index (κ3) is 8.48. The maximum Gasteiger partial charge on any atom is 0.573 e. The lowest BCUT2D eigenvalue weighted by Crippen LogP contribution is -2.60. The lowest BCUT2D eigenvalue weighted by atomic mass is 9.99. The van der Waals surface area contributed by atoms with Crippen molar-refractivity contribution in [1.82, 2.24) is 14.8 Å². The number of hydrogen-bond donors (Lipinski definition) is 2. The number of amides is 2. The Balaban J connectivity index is 1.48. The van der Waals surface area contributed by atoms with Gasteiger partial charge in [0.05, 0.1) is 11.8 Å². The van der Waals surface area contributed by atoms with Gasteiger partial charge in [0, 0.05) is 38.5 Å². The molecule has 0 aliphatic carbocycles. The Bertz CT molecular complexity index is 1440. The number of carbonyl (C=O) groups is 2. The van der Waals surface area contributed by atoms with Crippen LogP contribution in [0.15, 0.2) is 48.5 Å². The number of halogens is 3. The topological polar surface area (TPSA) is 144 Å². The van der Waals surface area contributed by atoms with Gasteiger partial charge in [-0.15, -0.1) is 18.3 Å². The number of hydrogen-bond acceptors (Lipinski definition) is 10. The SMILES string of the molecule is CCO[C@@H]1[C@@H](OC)[C@H](C)O[C@@H](OC(=O)Nc2ccc(-c3nc(NC(=O)CC)n(-c4ccc(OC(F)(F)F)cc4)n3)cc2)[C@@H]1OC. The fraction of sp³-hybridized carbons (Fsp3) is 0.448. The second kappa shape index (κ2) is 14.7. The summed E-state index contributed by atoms with van der Waals surface area (Å²) in [6.07, 6.45) is -8.68. The van der Waals surface area contributed by atoms with Gasteiger partial charge in [0.2, 0.25) is 18.1 Å². The fourth-order valence-corrected chi connectivity index (χ4v) is 4.68. The van der Waals surface area contributed by atoms with E-state index in [-0.39, 0.29) is 24.1 Å². The molecule has 1 saturated heterocycles. The second-order valence-electron chi connectivity index (χ2n) is 9.75. The molecule has 2 heterocycles.